The number of fused-ring (bicyclic) bond motifs is 1. The number of allylic oxidation sites excluding steroid dienone is 1. The van der Waals surface area contributed by atoms with E-state index in [2.05, 4.69) is 28.8 Å². The van der Waals surface area contributed by atoms with Crippen molar-refractivity contribution >= 4 is 18.3 Å². The van der Waals surface area contributed by atoms with E-state index in [0.717, 1.165) is 24.8 Å². The first-order valence-electron chi connectivity index (χ1n) is 8.72. The number of benzene rings is 2. The fourth-order valence-electron chi connectivity index (χ4n) is 3.07. The van der Waals surface area contributed by atoms with Crippen LogP contribution in [0.4, 0.5) is 0 Å². The summed E-state index contributed by atoms with van der Waals surface area (Å²) in [5.74, 6) is 0. The number of carbonyl (C=O) groups excluding carboxylic acids is 1. The Morgan fingerprint density at radius 3 is 2.50 bits per heavy atom. The first-order valence-corrected chi connectivity index (χ1v) is 8.72. The van der Waals surface area contributed by atoms with E-state index in [1.54, 1.807) is 7.05 Å². The molecule has 26 heavy (non-hydrogen) atoms. The van der Waals surface area contributed by atoms with E-state index in [0.29, 0.717) is 11.4 Å². The summed E-state index contributed by atoms with van der Waals surface area (Å²) in [4.78, 5) is 10.4. The highest BCUT2D eigenvalue weighted by atomic mass is 16.1. The molecule has 5 heteroatoms. The lowest BCUT2D eigenvalue weighted by molar-refractivity contribution is -0.110. The largest absolute Gasteiger partial charge is 0.397 e. The second-order valence-corrected chi connectivity index (χ2v) is 6.02. The van der Waals surface area contributed by atoms with Crippen LogP contribution in [0.25, 0.3) is 5.70 Å². The molecular formula is C21H26N4O. The number of hydrogen-bond acceptors (Lipinski definition) is 4. The monoisotopic (exact) mass is 350 g/mol. The van der Waals surface area contributed by atoms with Gasteiger partial charge in [-0.15, -0.1) is 0 Å². The number of nitrogens with two attached hydrogens (primary N) is 1. The maximum absolute atomic E-state index is 10.4. The Morgan fingerprint density at radius 2 is 1.85 bits per heavy atom. The molecule has 2 aromatic rings. The number of rotatable bonds is 5. The van der Waals surface area contributed by atoms with Crippen molar-refractivity contribution in [3.8, 4) is 0 Å². The molecule has 0 aromatic heterocycles. The van der Waals surface area contributed by atoms with Crippen LogP contribution < -0.4 is 16.4 Å². The fraction of sp³-hybridized carbons (Fsp3) is 0.238. The van der Waals surface area contributed by atoms with Crippen molar-refractivity contribution < 1.29 is 4.79 Å². The van der Waals surface area contributed by atoms with Crippen molar-refractivity contribution in [3.63, 3.8) is 0 Å². The molecule has 0 heterocycles. The third-order valence-electron chi connectivity index (χ3n) is 4.43. The Labute approximate surface area is 154 Å². The molecule has 0 radical (unpaired) electrons. The lowest BCUT2D eigenvalue weighted by Gasteiger charge is -2.24. The van der Waals surface area contributed by atoms with Crippen LogP contribution >= 0.6 is 0 Å². The fourth-order valence-corrected chi connectivity index (χ4v) is 3.07. The first-order chi connectivity index (χ1) is 12.7. The quantitative estimate of drug-likeness (QED) is 0.493. The molecule has 0 saturated carbocycles. The zero-order valence-corrected chi connectivity index (χ0v) is 15.0. The van der Waals surface area contributed by atoms with Crippen LogP contribution in [-0.4, -0.2) is 19.7 Å². The van der Waals surface area contributed by atoms with E-state index in [4.69, 9.17) is 11.1 Å². The van der Waals surface area contributed by atoms with Crippen molar-refractivity contribution in [2.45, 2.75) is 25.3 Å². The van der Waals surface area contributed by atoms with Crippen molar-refractivity contribution in [1.82, 2.24) is 10.6 Å². The lowest BCUT2D eigenvalue weighted by Crippen LogP contribution is -2.23. The van der Waals surface area contributed by atoms with Crippen LogP contribution in [-0.2, 0) is 11.2 Å². The predicted octanol–water partition coefficient (Wildman–Crippen LogP) is 2.99. The van der Waals surface area contributed by atoms with Crippen LogP contribution in [0.1, 0.15) is 35.6 Å². The van der Waals surface area contributed by atoms with Gasteiger partial charge in [-0.3, -0.25) is 4.79 Å². The molecule has 5 N–H and O–H groups in total. The van der Waals surface area contributed by atoms with Gasteiger partial charge in [-0.05, 0) is 36.0 Å². The molecule has 0 fully saturated rings. The maximum Gasteiger partial charge on any atom is 0.207 e. The maximum atomic E-state index is 10.4. The molecule has 0 aliphatic heterocycles. The van der Waals surface area contributed by atoms with Crippen molar-refractivity contribution in [3.05, 3.63) is 77.0 Å². The Bertz CT molecular complexity index is 756. The van der Waals surface area contributed by atoms with E-state index < -0.39 is 0 Å². The van der Waals surface area contributed by atoms with E-state index in [1.807, 2.05) is 36.4 Å². The minimum atomic E-state index is 0.238. The molecule has 1 atom stereocenters. The first kappa shape index (κ1) is 19.2. The average molecular weight is 350 g/mol. The average Bonchev–Trinajstić information content (AvgIpc) is 2.70. The van der Waals surface area contributed by atoms with Gasteiger partial charge in [0.05, 0.1) is 17.4 Å². The SMILES string of the molecule is CN/C(C=N)=C(/N)c1ccccc1.O=CNC1CCCc2ccccc21. The van der Waals surface area contributed by atoms with Crippen LogP contribution in [0.15, 0.2) is 60.3 Å². The molecule has 1 aliphatic rings. The van der Waals surface area contributed by atoms with E-state index >= 15 is 0 Å². The number of aryl methyl sites for hydroxylation is 1. The summed E-state index contributed by atoms with van der Waals surface area (Å²) < 4.78 is 0. The molecule has 1 unspecified atom stereocenters. The second-order valence-electron chi connectivity index (χ2n) is 6.02. The van der Waals surface area contributed by atoms with E-state index in [1.165, 1.54) is 23.8 Å². The van der Waals surface area contributed by atoms with Gasteiger partial charge in [0.15, 0.2) is 0 Å². The Balaban J connectivity index is 0.000000187. The number of hydrogen-bond donors (Lipinski definition) is 4. The molecule has 136 valence electrons. The number of amides is 1. The summed E-state index contributed by atoms with van der Waals surface area (Å²) in [7, 11) is 1.75. The minimum absolute atomic E-state index is 0.238. The highest BCUT2D eigenvalue weighted by molar-refractivity contribution is 5.87. The van der Waals surface area contributed by atoms with Gasteiger partial charge >= 0.3 is 0 Å². The van der Waals surface area contributed by atoms with Gasteiger partial charge in [0.1, 0.15) is 0 Å². The van der Waals surface area contributed by atoms with Gasteiger partial charge in [0, 0.05) is 13.3 Å². The van der Waals surface area contributed by atoms with Gasteiger partial charge in [-0.1, -0.05) is 54.6 Å². The summed E-state index contributed by atoms with van der Waals surface area (Å²) in [6.07, 6.45) is 5.39. The summed E-state index contributed by atoms with van der Waals surface area (Å²) in [5.41, 5.74) is 10.7. The van der Waals surface area contributed by atoms with Crippen molar-refractivity contribution in [2.24, 2.45) is 5.73 Å². The third kappa shape index (κ3) is 4.96. The molecule has 0 saturated heterocycles. The zero-order valence-electron chi connectivity index (χ0n) is 15.0. The molecule has 0 spiro atoms. The smallest absolute Gasteiger partial charge is 0.207 e. The van der Waals surface area contributed by atoms with Crippen LogP contribution in [0, 0.1) is 5.41 Å². The third-order valence-corrected chi connectivity index (χ3v) is 4.43. The lowest BCUT2D eigenvalue weighted by atomic mass is 9.88. The Kier molecular flexibility index (Phi) is 7.43. The molecule has 5 nitrogen and oxygen atoms in total. The summed E-state index contributed by atoms with van der Waals surface area (Å²) in [6.45, 7) is 0. The molecule has 2 aromatic carbocycles. The molecular weight excluding hydrogens is 324 g/mol. The zero-order chi connectivity index (χ0) is 18.8. The highest BCUT2D eigenvalue weighted by Gasteiger charge is 2.18. The Morgan fingerprint density at radius 1 is 1.15 bits per heavy atom. The molecule has 1 amide bonds. The topological polar surface area (TPSA) is 91.0 Å². The van der Waals surface area contributed by atoms with Gasteiger partial charge < -0.3 is 21.8 Å². The van der Waals surface area contributed by atoms with Crippen LogP contribution in [0.5, 0.6) is 0 Å². The Hall–Kier alpha value is -3.08. The van der Waals surface area contributed by atoms with E-state index in [9.17, 15) is 4.79 Å². The molecule has 1 aliphatic carbocycles. The predicted molar refractivity (Wildman–Crippen MR) is 107 cm³/mol. The van der Waals surface area contributed by atoms with Crippen LogP contribution in [0.2, 0.25) is 0 Å². The van der Waals surface area contributed by atoms with E-state index in [-0.39, 0.29) is 6.04 Å². The number of nitrogens with one attached hydrogen (secondary N) is 3. The van der Waals surface area contributed by atoms with Crippen LogP contribution in [0.3, 0.4) is 0 Å². The standard InChI is InChI=1S/C11H13NO.C10H13N3/c13-8-12-11-7-3-5-9-4-1-2-6-10(9)11;1-13-9(7-11)10(12)8-5-3-2-4-6-8/h1-2,4,6,8,11H,3,5,7H2,(H,12,13);2-7,11,13H,12H2,1H3/b;10-9+,11-7?. The van der Waals surface area contributed by atoms with Gasteiger partial charge in [-0.2, -0.15) is 0 Å². The van der Waals surface area contributed by atoms with Gasteiger partial charge in [-0.25, -0.2) is 0 Å². The highest BCUT2D eigenvalue weighted by Crippen LogP contribution is 2.28. The molecule has 0 bridgehead atoms. The van der Waals surface area contributed by atoms with Gasteiger partial charge in [0.25, 0.3) is 0 Å². The second kappa shape index (κ2) is 10.0. The summed E-state index contributed by atoms with van der Waals surface area (Å²) in [6, 6.07) is 18.2. The van der Waals surface area contributed by atoms with Crippen molar-refractivity contribution in [1.29, 1.82) is 5.41 Å². The number of carbonyl (C=O) groups is 1. The minimum Gasteiger partial charge on any atom is -0.397 e. The molecule has 3 rings (SSSR count). The van der Waals surface area contributed by atoms with Crippen molar-refractivity contribution in [2.75, 3.05) is 7.05 Å². The summed E-state index contributed by atoms with van der Waals surface area (Å²) >= 11 is 0. The van der Waals surface area contributed by atoms with Gasteiger partial charge in [0.2, 0.25) is 6.41 Å². The summed E-state index contributed by atoms with van der Waals surface area (Å²) in [5, 5.41) is 12.8. The normalized spacial score (nSPS) is 16.1.